The summed E-state index contributed by atoms with van der Waals surface area (Å²) in [5.41, 5.74) is 6.29. The van der Waals surface area contributed by atoms with E-state index in [1.54, 1.807) is 24.3 Å². The molecule has 0 fully saturated rings. The zero-order valence-electron chi connectivity index (χ0n) is 18.5. The summed E-state index contributed by atoms with van der Waals surface area (Å²) in [4.78, 5) is 15.8. The highest BCUT2D eigenvalue weighted by molar-refractivity contribution is 7.92. The molecule has 3 rings (SSSR count). The van der Waals surface area contributed by atoms with Crippen LogP contribution in [0.15, 0.2) is 42.9 Å². The molecule has 2 aromatic heterocycles. The van der Waals surface area contributed by atoms with Gasteiger partial charge in [0.05, 0.1) is 12.8 Å². The quantitative estimate of drug-likeness (QED) is 0.429. The fourth-order valence-corrected chi connectivity index (χ4v) is 3.32. The van der Waals surface area contributed by atoms with Crippen LogP contribution in [0.3, 0.4) is 0 Å². The third-order valence-corrected chi connectivity index (χ3v) is 5.93. The molecule has 1 unspecified atom stereocenters. The van der Waals surface area contributed by atoms with Crippen LogP contribution in [-0.4, -0.2) is 41.7 Å². The zero-order chi connectivity index (χ0) is 25.1. The first-order valence-corrected chi connectivity index (χ1v) is 11.8. The maximum atomic E-state index is 13.5. The highest BCUT2D eigenvalue weighted by Gasteiger charge is 2.35. The smallest absolute Gasteiger partial charge is 0.364 e. The van der Waals surface area contributed by atoms with E-state index in [9.17, 15) is 21.6 Å². The van der Waals surface area contributed by atoms with Gasteiger partial charge < -0.3 is 16.4 Å². The van der Waals surface area contributed by atoms with Crippen molar-refractivity contribution in [3.63, 3.8) is 0 Å². The second-order valence-electron chi connectivity index (χ2n) is 7.40. The molecule has 0 spiro atoms. The van der Waals surface area contributed by atoms with Gasteiger partial charge in [-0.05, 0) is 24.6 Å². The lowest BCUT2D eigenvalue weighted by atomic mass is 10.1. The van der Waals surface area contributed by atoms with Crippen LogP contribution >= 0.6 is 0 Å². The summed E-state index contributed by atoms with van der Waals surface area (Å²) < 4.78 is 65.3. The SMILES string of the molecule is CC(N)c1ccc(Nc2ncc(C(F)(F)F)c(NCc3nccnc3N(C)S(C)(=O)=O)n2)cc1. The average Bonchev–Trinajstić information content (AvgIpc) is 2.76. The summed E-state index contributed by atoms with van der Waals surface area (Å²) in [6.45, 7) is 1.56. The Bertz CT molecular complexity index is 1250. The summed E-state index contributed by atoms with van der Waals surface area (Å²) in [5, 5.41) is 5.43. The minimum absolute atomic E-state index is 0.0207. The van der Waals surface area contributed by atoms with E-state index in [0.29, 0.717) is 11.9 Å². The van der Waals surface area contributed by atoms with Gasteiger partial charge in [0.15, 0.2) is 5.82 Å². The minimum Gasteiger partial charge on any atom is -0.364 e. The summed E-state index contributed by atoms with van der Waals surface area (Å²) in [6, 6.07) is 6.81. The Labute approximate surface area is 194 Å². The predicted octanol–water partition coefficient (Wildman–Crippen LogP) is 3.06. The van der Waals surface area contributed by atoms with E-state index in [1.807, 2.05) is 6.92 Å². The van der Waals surface area contributed by atoms with Crippen molar-refractivity contribution >= 4 is 33.3 Å². The predicted molar refractivity (Wildman–Crippen MR) is 122 cm³/mol. The summed E-state index contributed by atoms with van der Waals surface area (Å²) in [6.07, 6.45) is -0.502. The van der Waals surface area contributed by atoms with Gasteiger partial charge in [-0.3, -0.25) is 9.29 Å². The van der Waals surface area contributed by atoms with E-state index in [-0.39, 0.29) is 30.0 Å². The first-order valence-electron chi connectivity index (χ1n) is 9.90. The molecule has 2 heterocycles. The van der Waals surface area contributed by atoms with Crippen LogP contribution < -0.4 is 20.7 Å². The molecule has 0 aliphatic rings. The molecular weight excluding hydrogens is 473 g/mol. The molecule has 1 aromatic carbocycles. The first-order chi connectivity index (χ1) is 15.9. The van der Waals surface area contributed by atoms with Gasteiger partial charge in [0.25, 0.3) is 0 Å². The molecule has 0 saturated carbocycles. The number of anilines is 4. The van der Waals surface area contributed by atoms with Crippen molar-refractivity contribution < 1.29 is 21.6 Å². The van der Waals surface area contributed by atoms with E-state index in [4.69, 9.17) is 5.73 Å². The molecule has 14 heteroatoms. The van der Waals surface area contributed by atoms with Crippen molar-refractivity contribution in [1.82, 2.24) is 19.9 Å². The molecule has 0 bridgehead atoms. The molecule has 0 aliphatic heterocycles. The lowest BCUT2D eigenvalue weighted by Crippen LogP contribution is -2.27. The van der Waals surface area contributed by atoms with Gasteiger partial charge in [-0.2, -0.15) is 18.2 Å². The summed E-state index contributed by atoms with van der Waals surface area (Å²) in [7, 11) is -2.39. The maximum Gasteiger partial charge on any atom is 0.421 e. The number of alkyl halides is 3. The molecule has 34 heavy (non-hydrogen) atoms. The molecule has 182 valence electrons. The highest BCUT2D eigenvalue weighted by atomic mass is 32.2. The fraction of sp³-hybridized carbons (Fsp3) is 0.300. The van der Waals surface area contributed by atoms with Crippen molar-refractivity contribution in [3.8, 4) is 0 Å². The van der Waals surface area contributed by atoms with Gasteiger partial charge in [0, 0.05) is 37.4 Å². The average molecular weight is 497 g/mol. The molecule has 0 radical (unpaired) electrons. The third-order valence-electron chi connectivity index (χ3n) is 4.76. The fourth-order valence-electron chi connectivity index (χ4n) is 2.86. The van der Waals surface area contributed by atoms with Crippen molar-refractivity contribution in [1.29, 1.82) is 0 Å². The van der Waals surface area contributed by atoms with E-state index in [2.05, 4.69) is 30.6 Å². The van der Waals surface area contributed by atoms with Gasteiger partial charge in [0.1, 0.15) is 17.1 Å². The Balaban J connectivity index is 1.89. The Morgan fingerprint density at radius 1 is 1.12 bits per heavy atom. The zero-order valence-corrected chi connectivity index (χ0v) is 19.3. The number of aromatic nitrogens is 4. The van der Waals surface area contributed by atoms with Crippen LogP contribution in [0.1, 0.15) is 29.8 Å². The van der Waals surface area contributed by atoms with Gasteiger partial charge >= 0.3 is 6.18 Å². The maximum absolute atomic E-state index is 13.5. The molecule has 0 amide bonds. The van der Waals surface area contributed by atoms with Crippen LogP contribution in [0, 0.1) is 0 Å². The monoisotopic (exact) mass is 496 g/mol. The summed E-state index contributed by atoms with van der Waals surface area (Å²) >= 11 is 0. The second kappa shape index (κ2) is 9.77. The lowest BCUT2D eigenvalue weighted by molar-refractivity contribution is -0.137. The van der Waals surface area contributed by atoms with Gasteiger partial charge in [-0.15, -0.1) is 0 Å². The van der Waals surface area contributed by atoms with Crippen molar-refractivity contribution in [2.45, 2.75) is 25.7 Å². The highest BCUT2D eigenvalue weighted by Crippen LogP contribution is 2.34. The number of nitrogens with one attached hydrogen (secondary N) is 2. The third kappa shape index (κ3) is 6.08. The van der Waals surface area contributed by atoms with E-state index in [1.165, 1.54) is 19.4 Å². The van der Waals surface area contributed by atoms with E-state index in [0.717, 1.165) is 16.1 Å². The molecule has 1 atom stereocenters. The number of benzene rings is 1. The summed E-state index contributed by atoms with van der Waals surface area (Å²) in [5.74, 6) is -0.597. The number of halogens is 3. The number of sulfonamides is 1. The molecule has 4 N–H and O–H groups in total. The molecule has 10 nitrogen and oxygen atoms in total. The van der Waals surface area contributed by atoms with Crippen LogP contribution in [0.2, 0.25) is 0 Å². The van der Waals surface area contributed by atoms with Gasteiger partial charge in [0.2, 0.25) is 16.0 Å². The standard InChI is InChI=1S/C20H23F3N8O2S/c1-12(24)13-4-6-14(7-5-13)29-19-28-10-15(20(21,22)23)17(30-19)27-11-16-18(26-9-8-25-16)31(2)34(3,32)33/h4-10,12H,11,24H2,1-3H3,(H2,27,28,29,30). The number of nitrogens with zero attached hydrogens (tertiary/aromatic N) is 5. The molecule has 0 saturated heterocycles. The van der Waals surface area contributed by atoms with Crippen LogP contribution in [0.4, 0.5) is 36.4 Å². The molecular formula is C20H23F3N8O2S. The second-order valence-corrected chi connectivity index (χ2v) is 9.41. The van der Waals surface area contributed by atoms with Gasteiger partial charge in [-0.1, -0.05) is 12.1 Å². The Hall–Kier alpha value is -3.52. The number of nitrogens with two attached hydrogens (primary N) is 1. The molecule has 0 aliphatic carbocycles. The van der Waals surface area contributed by atoms with E-state index >= 15 is 0 Å². The van der Waals surface area contributed by atoms with Crippen LogP contribution in [0.5, 0.6) is 0 Å². The van der Waals surface area contributed by atoms with Crippen molar-refractivity contribution in [2.75, 3.05) is 28.2 Å². The Kier molecular flexibility index (Phi) is 7.21. The first kappa shape index (κ1) is 25.1. The number of hydrogen-bond donors (Lipinski definition) is 3. The Morgan fingerprint density at radius 2 is 1.76 bits per heavy atom. The van der Waals surface area contributed by atoms with Crippen LogP contribution in [-0.2, 0) is 22.7 Å². The molecule has 3 aromatic rings. The normalized spacial score (nSPS) is 12.8. The number of rotatable bonds is 8. The topological polar surface area (TPSA) is 139 Å². The minimum atomic E-state index is -4.73. The largest absolute Gasteiger partial charge is 0.421 e. The number of hydrogen-bond acceptors (Lipinski definition) is 9. The lowest BCUT2D eigenvalue weighted by Gasteiger charge is -2.19. The van der Waals surface area contributed by atoms with Gasteiger partial charge in [-0.25, -0.2) is 18.4 Å². The van der Waals surface area contributed by atoms with Crippen molar-refractivity contribution in [3.05, 3.63) is 59.7 Å². The van der Waals surface area contributed by atoms with Crippen molar-refractivity contribution in [2.24, 2.45) is 5.73 Å². The Morgan fingerprint density at radius 3 is 2.35 bits per heavy atom. The van der Waals surface area contributed by atoms with E-state index < -0.39 is 27.6 Å². The van der Waals surface area contributed by atoms with Crippen LogP contribution in [0.25, 0.3) is 0 Å².